The van der Waals surface area contributed by atoms with Crippen LogP contribution in [0.4, 0.5) is 0 Å². The third kappa shape index (κ3) is 6.85. The average molecular weight is 451 g/mol. The standard InChI is InChI=1S/C17H27ClN4.HI/c1-17(2,3)21-16(19)20-12-15(22-9-4-5-10-22)13-7-6-8-14(18)11-13;/h6-8,11,15H,4-5,9-10,12H2,1-3H3,(H3,19,20,21);1H. The van der Waals surface area contributed by atoms with Crippen LogP contribution in [0.15, 0.2) is 29.3 Å². The van der Waals surface area contributed by atoms with Gasteiger partial charge in [0.25, 0.3) is 0 Å². The maximum Gasteiger partial charge on any atom is 0.189 e. The topological polar surface area (TPSA) is 53.6 Å². The molecule has 2 rings (SSSR count). The monoisotopic (exact) mass is 450 g/mol. The van der Waals surface area contributed by atoms with Gasteiger partial charge in [-0.25, -0.2) is 0 Å². The van der Waals surface area contributed by atoms with Crippen LogP contribution < -0.4 is 11.1 Å². The van der Waals surface area contributed by atoms with Crippen molar-refractivity contribution in [2.75, 3.05) is 19.6 Å². The minimum Gasteiger partial charge on any atom is -0.370 e. The van der Waals surface area contributed by atoms with Gasteiger partial charge in [-0.05, 0) is 64.4 Å². The molecule has 0 amide bonds. The number of likely N-dealkylation sites (tertiary alicyclic amines) is 1. The average Bonchev–Trinajstić information content (AvgIpc) is 2.91. The number of guanidine groups is 1. The van der Waals surface area contributed by atoms with Crippen molar-refractivity contribution in [1.29, 1.82) is 0 Å². The van der Waals surface area contributed by atoms with Crippen LogP contribution in [0.25, 0.3) is 0 Å². The van der Waals surface area contributed by atoms with Gasteiger partial charge in [-0.15, -0.1) is 24.0 Å². The second kappa shape index (κ2) is 9.08. The zero-order chi connectivity index (χ0) is 16.2. The van der Waals surface area contributed by atoms with Gasteiger partial charge < -0.3 is 11.1 Å². The lowest BCUT2D eigenvalue weighted by molar-refractivity contribution is 0.251. The molecule has 130 valence electrons. The summed E-state index contributed by atoms with van der Waals surface area (Å²) in [5.74, 6) is 0.499. The third-order valence-electron chi connectivity index (χ3n) is 3.75. The Kier molecular flexibility index (Phi) is 8.10. The summed E-state index contributed by atoms with van der Waals surface area (Å²) in [6.45, 7) is 9.09. The molecular weight excluding hydrogens is 423 g/mol. The highest BCUT2D eigenvalue weighted by Crippen LogP contribution is 2.27. The summed E-state index contributed by atoms with van der Waals surface area (Å²) in [4.78, 5) is 7.03. The third-order valence-corrected chi connectivity index (χ3v) is 3.99. The zero-order valence-electron chi connectivity index (χ0n) is 14.2. The molecule has 0 spiro atoms. The first-order chi connectivity index (χ1) is 10.3. The van der Waals surface area contributed by atoms with E-state index in [0.717, 1.165) is 18.1 Å². The van der Waals surface area contributed by atoms with Crippen molar-refractivity contribution >= 4 is 41.5 Å². The number of nitrogens with one attached hydrogen (secondary N) is 1. The first-order valence-electron chi connectivity index (χ1n) is 7.93. The quantitative estimate of drug-likeness (QED) is 0.417. The number of aliphatic imine (C=N–C) groups is 1. The summed E-state index contributed by atoms with van der Waals surface area (Å²) < 4.78 is 0. The van der Waals surface area contributed by atoms with Gasteiger partial charge in [0.1, 0.15) is 0 Å². The molecule has 0 aromatic heterocycles. The smallest absolute Gasteiger partial charge is 0.189 e. The second-order valence-corrected chi connectivity index (χ2v) is 7.35. The van der Waals surface area contributed by atoms with Gasteiger partial charge in [0.05, 0.1) is 12.6 Å². The van der Waals surface area contributed by atoms with E-state index in [-0.39, 0.29) is 35.6 Å². The number of benzene rings is 1. The van der Waals surface area contributed by atoms with Crippen LogP contribution in [0.3, 0.4) is 0 Å². The zero-order valence-corrected chi connectivity index (χ0v) is 17.3. The van der Waals surface area contributed by atoms with E-state index < -0.39 is 0 Å². The maximum atomic E-state index is 6.15. The van der Waals surface area contributed by atoms with Gasteiger partial charge in [-0.2, -0.15) is 0 Å². The fourth-order valence-corrected chi connectivity index (χ4v) is 3.01. The first kappa shape index (κ1) is 20.5. The molecule has 1 fully saturated rings. The van der Waals surface area contributed by atoms with Crippen molar-refractivity contribution in [1.82, 2.24) is 10.2 Å². The summed E-state index contributed by atoms with van der Waals surface area (Å²) in [6, 6.07) is 8.30. The Labute approximate surface area is 161 Å². The molecule has 23 heavy (non-hydrogen) atoms. The molecule has 3 N–H and O–H groups in total. The number of nitrogens with two attached hydrogens (primary N) is 1. The molecule has 0 radical (unpaired) electrons. The Hall–Kier alpha value is -0.530. The van der Waals surface area contributed by atoms with Crippen LogP contribution in [-0.2, 0) is 0 Å². The van der Waals surface area contributed by atoms with Crippen LogP contribution in [0, 0.1) is 0 Å². The van der Waals surface area contributed by atoms with Crippen molar-refractivity contribution in [2.45, 2.75) is 45.2 Å². The molecule has 0 saturated carbocycles. The predicted molar refractivity (Wildman–Crippen MR) is 110 cm³/mol. The largest absolute Gasteiger partial charge is 0.370 e. The van der Waals surface area contributed by atoms with Crippen LogP contribution in [-0.4, -0.2) is 36.0 Å². The lowest BCUT2D eigenvalue weighted by Crippen LogP contribution is -2.45. The normalized spacial score (nSPS) is 17.7. The van der Waals surface area contributed by atoms with Crippen LogP contribution in [0.2, 0.25) is 5.02 Å². The van der Waals surface area contributed by atoms with Crippen LogP contribution in [0.1, 0.15) is 45.2 Å². The van der Waals surface area contributed by atoms with Crippen LogP contribution >= 0.6 is 35.6 Å². The van der Waals surface area contributed by atoms with Crippen molar-refractivity contribution in [3.8, 4) is 0 Å². The van der Waals surface area contributed by atoms with Gasteiger partial charge in [-0.1, -0.05) is 23.7 Å². The number of hydrogen-bond donors (Lipinski definition) is 2. The molecule has 1 aliphatic heterocycles. The van der Waals surface area contributed by atoms with Gasteiger partial charge in [0.2, 0.25) is 0 Å². The van der Waals surface area contributed by atoms with E-state index in [0.29, 0.717) is 12.5 Å². The molecule has 1 aliphatic rings. The number of rotatable bonds is 4. The minimum absolute atomic E-state index is 0. The van der Waals surface area contributed by atoms with Crippen molar-refractivity contribution in [2.24, 2.45) is 10.7 Å². The summed E-state index contributed by atoms with van der Waals surface area (Å²) in [6.07, 6.45) is 2.49. The molecule has 6 heteroatoms. The summed E-state index contributed by atoms with van der Waals surface area (Å²) in [5.41, 5.74) is 7.14. The number of hydrogen-bond acceptors (Lipinski definition) is 2. The predicted octanol–water partition coefficient (Wildman–Crippen LogP) is 3.80. The number of nitrogens with zero attached hydrogens (tertiary/aromatic N) is 2. The molecule has 0 aliphatic carbocycles. The molecule has 1 saturated heterocycles. The summed E-state index contributed by atoms with van der Waals surface area (Å²) >= 11 is 6.15. The van der Waals surface area contributed by atoms with E-state index in [1.807, 2.05) is 18.2 Å². The van der Waals surface area contributed by atoms with E-state index in [1.54, 1.807) is 0 Å². The SMILES string of the molecule is CC(C)(C)NC(N)=NCC(c1cccc(Cl)c1)N1CCCC1.I. The first-order valence-corrected chi connectivity index (χ1v) is 8.30. The number of halogens is 2. The van der Waals surface area contributed by atoms with E-state index in [4.69, 9.17) is 17.3 Å². The van der Waals surface area contributed by atoms with Gasteiger partial charge >= 0.3 is 0 Å². The van der Waals surface area contributed by atoms with Gasteiger partial charge in [-0.3, -0.25) is 9.89 Å². The van der Waals surface area contributed by atoms with E-state index in [1.165, 1.54) is 18.4 Å². The maximum absolute atomic E-state index is 6.15. The summed E-state index contributed by atoms with van der Waals surface area (Å²) in [5, 5.41) is 3.98. The van der Waals surface area contributed by atoms with Gasteiger partial charge in [0, 0.05) is 10.6 Å². The Morgan fingerprint density at radius 2 is 2.00 bits per heavy atom. The second-order valence-electron chi connectivity index (χ2n) is 6.91. The highest BCUT2D eigenvalue weighted by Gasteiger charge is 2.23. The molecule has 1 heterocycles. The fraction of sp³-hybridized carbons (Fsp3) is 0.588. The lowest BCUT2D eigenvalue weighted by atomic mass is 10.1. The molecule has 4 nitrogen and oxygen atoms in total. The molecule has 0 bridgehead atoms. The Bertz CT molecular complexity index is 522. The van der Waals surface area contributed by atoms with Crippen molar-refractivity contribution in [3.63, 3.8) is 0 Å². The molecule has 1 unspecified atom stereocenters. The van der Waals surface area contributed by atoms with Crippen LogP contribution in [0.5, 0.6) is 0 Å². The minimum atomic E-state index is -0.0766. The van der Waals surface area contributed by atoms with Gasteiger partial charge in [0.15, 0.2) is 5.96 Å². The highest BCUT2D eigenvalue weighted by molar-refractivity contribution is 14.0. The van der Waals surface area contributed by atoms with E-state index >= 15 is 0 Å². The summed E-state index contributed by atoms with van der Waals surface area (Å²) in [7, 11) is 0. The molecule has 1 aromatic carbocycles. The Balaban J connectivity index is 0.00000264. The fourth-order valence-electron chi connectivity index (χ4n) is 2.81. The van der Waals surface area contributed by atoms with Crippen molar-refractivity contribution in [3.05, 3.63) is 34.9 Å². The molecule has 1 atom stereocenters. The van der Waals surface area contributed by atoms with E-state index in [2.05, 4.69) is 42.0 Å². The highest BCUT2D eigenvalue weighted by atomic mass is 127. The Morgan fingerprint density at radius 1 is 1.35 bits per heavy atom. The Morgan fingerprint density at radius 3 is 2.57 bits per heavy atom. The molecule has 1 aromatic rings. The lowest BCUT2D eigenvalue weighted by Gasteiger charge is -2.27. The van der Waals surface area contributed by atoms with Crippen molar-refractivity contribution < 1.29 is 0 Å². The van der Waals surface area contributed by atoms with E-state index in [9.17, 15) is 0 Å². The molecular formula is C17H28ClIN4.